The number of aliphatic hydroxyl groups excluding tert-OH is 1. The molecular formula is C15H19N5O2S. The number of likely N-dealkylation sites (tertiary alicyclic amines) is 1. The van der Waals surface area contributed by atoms with Crippen molar-refractivity contribution in [2.75, 3.05) is 19.7 Å². The van der Waals surface area contributed by atoms with Crippen LogP contribution in [0.1, 0.15) is 18.7 Å². The SMILES string of the molecule is Cn1c(=O)c2sccc2n2c(CN3CCC(CO)CC3)nnc12. The molecule has 0 unspecified atom stereocenters. The van der Waals surface area contributed by atoms with Gasteiger partial charge in [-0.2, -0.15) is 0 Å². The van der Waals surface area contributed by atoms with E-state index < -0.39 is 0 Å². The molecule has 1 saturated heterocycles. The van der Waals surface area contributed by atoms with Crippen LogP contribution < -0.4 is 5.56 Å². The minimum atomic E-state index is -0.0230. The van der Waals surface area contributed by atoms with Crippen molar-refractivity contribution in [3.8, 4) is 0 Å². The van der Waals surface area contributed by atoms with Crippen molar-refractivity contribution in [2.45, 2.75) is 19.4 Å². The zero-order valence-electron chi connectivity index (χ0n) is 13.0. The van der Waals surface area contributed by atoms with Crippen molar-refractivity contribution < 1.29 is 5.11 Å². The van der Waals surface area contributed by atoms with E-state index in [1.54, 1.807) is 11.6 Å². The average Bonchev–Trinajstić information content (AvgIpc) is 3.20. The van der Waals surface area contributed by atoms with Gasteiger partial charge in [-0.25, -0.2) is 0 Å². The lowest BCUT2D eigenvalue weighted by Crippen LogP contribution is -2.34. The first-order chi connectivity index (χ1) is 11.2. The lowest BCUT2D eigenvalue weighted by Gasteiger charge is -2.30. The molecule has 0 amide bonds. The van der Waals surface area contributed by atoms with Gasteiger partial charge in [-0.15, -0.1) is 21.5 Å². The Morgan fingerprint density at radius 1 is 1.35 bits per heavy atom. The Balaban J connectivity index is 1.73. The Hall–Kier alpha value is -1.77. The summed E-state index contributed by atoms with van der Waals surface area (Å²) in [6.45, 7) is 2.90. The normalized spacial score (nSPS) is 17.5. The van der Waals surface area contributed by atoms with Gasteiger partial charge in [0.05, 0.1) is 12.1 Å². The average molecular weight is 333 g/mol. The van der Waals surface area contributed by atoms with Crippen molar-refractivity contribution in [1.29, 1.82) is 0 Å². The van der Waals surface area contributed by atoms with Crippen LogP contribution in [0.3, 0.4) is 0 Å². The maximum absolute atomic E-state index is 12.3. The van der Waals surface area contributed by atoms with Crippen molar-refractivity contribution in [3.05, 3.63) is 27.6 Å². The number of rotatable bonds is 3. The third-order valence-electron chi connectivity index (χ3n) is 4.73. The number of piperidine rings is 1. The molecule has 4 rings (SSSR count). The lowest BCUT2D eigenvalue weighted by molar-refractivity contribution is 0.125. The number of hydrogen-bond donors (Lipinski definition) is 1. The number of aromatic nitrogens is 4. The molecule has 0 bridgehead atoms. The smallest absolute Gasteiger partial charge is 0.272 e. The number of hydrogen-bond acceptors (Lipinski definition) is 6. The van der Waals surface area contributed by atoms with Gasteiger partial charge in [-0.05, 0) is 43.3 Å². The maximum Gasteiger partial charge on any atom is 0.272 e. The molecule has 3 aromatic rings. The summed E-state index contributed by atoms with van der Waals surface area (Å²) in [5.74, 6) is 1.87. The molecule has 0 aromatic carbocycles. The fourth-order valence-corrected chi connectivity index (χ4v) is 4.13. The summed E-state index contributed by atoms with van der Waals surface area (Å²) in [4.78, 5) is 14.7. The summed E-state index contributed by atoms with van der Waals surface area (Å²) >= 11 is 1.45. The second-order valence-electron chi connectivity index (χ2n) is 6.15. The van der Waals surface area contributed by atoms with E-state index in [1.807, 2.05) is 15.8 Å². The standard InChI is InChI=1S/C15H19N5O2S/c1-18-14(22)13-11(4-7-23-13)20-12(16-17-15(18)20)8-19-5-2-10(9-21)3-6-19/h4,7,10,21H,2-3,5-6,8-9H2,1H3. The van der Waals surface area contributed by atoms with Crippen LogP contribution in [-0.4, -0.2) is 48.9 Å². The largest absolute Gasteiger partial charge is 0.396 e. The van der Waals surface area contributed by atoms with Gasteiger partial charge < -0.3 is 5.11 Å². The molecule has 0 saturated carbocycles. The molecule has 122 valence electrons. The Kier molecular flexibility index (Phi) is 3.67. The molecule has 23 heavy (non-hydrogen) atoms. The molecule has 0 radical (unpaired) electrons. The van der Waals surface area contributed by atoms with Gasteiger partial charge in [-0.1, -0.05) is 0 Å². The van der Waals surface area contributed by atoms with E-state index in [0.717, 1.165) is 42.0 Å². The van der Waals surface area contributed by atoms with Gasteiger partial charge >= 0.3 is 0 Å². The Morgan fingerprint density at radius 3 is 2.87 bits per heavy atom. The lowest BCUT2D eigenvalue weighted by atomic mass is 9.98. The van der Waals surface area contributed by atoms with E-state index in [4.69, 9.17) is 0 Å². The first kappa shape index (κ1) is 14.8. The molecule has 4 heterocycles. The number of thiophene rings is 1. The van der Waals surface area contributed by atoms with Gasteiger partial charge in [0.2, 0.25) is 5.78 Å². The molecule has 1 aliphatic heterocycles. The monoisotopic (exact) mass is 333 g/mol. The predicted molar refractivity (Wildman–Crippen MR) is 88.7 cm³/mol. The molecule has 8 heteroatoms. The molecule has 3 aromatic heterocycles. The third kappa shape index (κ3) is 2.37. The van der Waals surface area contributed by atoms with Crippen molar-refractivity contribution in [3.63, 3.8) is 0 Å². The van der Waals surface area contributed by atoms with Gasteiger partial charge in [0.15, 0.2) is 5.82 Å². The number of aryl methyl sites for hydroxylation is 1. The number of aliphatic hydroxyl groups is 1. The van der Waals surface area contributed by atoms with Crippen LogP contribution in [0, 0.1) is 5.92 Å². The highest BCUT2D eigenvalue weighted by Crippen LogP contribution is 2.21. The topological polar surface area (TPSA) is 75.7 Å². The molecule has 1 fully saturated rings. The number of nitrogens with zero attached hydrogens (tertiary/aromatic N) is 5. The van der Waals surface area contributed by atoms with E-state index in [2.05, 4.69) is 15.1 Å². The molecule has 1 N–H and O–H groups in total. The van der Waals surface area contributed by atoms with Crippen LogP contribution in [0.2, 0.25) is 0 Å². The minimum absolute atomic E-state index is 0.0230. The summed E-state index contributed by atoms with van der Waals surface area (Å²) < 4.78 is 4.29. The van der Waals surface area contributed by atoms with Gasteiger partial charge in [0.1, 0.15) is 4.70 Å². The molecule has 0 spiro atoms. The van der Waals surface area contributed by atoms with Gasteiger partial charge in [-0.3, -0.25) is 18.7 Å². The van der Waals surface area contributed by atoms with Crippen LogP contribution in [-0.2, 0) is 13.6 Å². The zero-order valence-corrected chi connectivity index (χ0v) is 13.8. The van der Waals surface area contributed by atoms with E-state index in [9.17, 15) is 9.90 Å². The summed E-state index contributed by atoms with van der Waals surface area (Å²) in [6.07, 6.45) is 2.03. The summed E-state index contributed by atoms with van der Waals surface area (Å²) in [7, 11) is 1.74. The predicted octanol–water partition coefficient (Wildman–Crippen LogP) is 0.847. The van der Waals surface area contributed by atoms with Crippen molar-refractivity contribution in [1.82, 2.24) is 24.1 Å². The number of fused-ring (bicyclic) bond motifs is 3. The van der Waals surface area contributed by atoms with E-state index in [-0.39, 0.29) is 12.2 Å². The Morgan fingerprint density at radius 2 is 2.13 bits per heavy atom. The molecule has 0 aliphatic carbocycles. The van der Waals surface area contributed by atoms with Crippen LogP contribution >= 0.6 is 11.3 Å². The van der Waals surface area contributed by atoms with Crippen LogP contribution in [0.15, 0.2) is 16.2 Å². The first-order valence-electron chi connectivity index (χ1n) is 7.82. The van der Waals surface area contributed by atoms with Gasteiger partial charge in [0.25, 0.3) is 5.56 Å². The fourth-order valence-electron chi connectivity index (χ4n) is 3.28. The van der Waals surface area contributed by atoms with Crippen LogP contribution in [0.25, 0.3) is 16.0 Å². The van der Waals surface area contributed by atoms with E-state index in [1.165, 1.54) is 11.3 Å². The quantitative estimate of drug-likeness (QED) is 0.769. The highest BCUT2D eigenvalue weighted by Gasteiger charge is 2.21. The maximum atomic E-state index is 12.3. The highest BCUT2D eigenvalue weighted by atomic mass is 32.1. The zero-order chi connectivity index (χ0) is 16.0. The molecule has 7 nitrogen and oxygen atoms in total. The third-order valence-corrected chi connectivity index (χ3v) is 5.62. The highest BCUT2D eigenvalue weighted by molar-refractivity contribution is 7.17. The summed E-state index contributed by atoms with van der Waals surface area (Å²) in [5, 5.41) is 19.7. The van der Waals surface area contributed by atoms with E-state index >= 15 is 0 Å². The van der Waals surface area contributed by atoms with Crippen LogP contribution in [0.4, 0.5) is 0 Å². The van der Waals surface area contributed by atoms with Crippen LogP contribution in [0.5, 0.6) is 0 Å². The Labute approximate surface area is 136 Å². The second-order valence-corrected chi connectivity index (χ2v) is 7.07. The fraction of sp³-hybridized carbons (Fsp3) is 0.533. The van der Waals surface area contributed by atoms with E-state index in [0.29, 0.717) is 18.2 Å². The summed E-state index contributed by atoms with van der Waals surface area (Å²) in [5.41, 5.74) is 0.864. The van der Waals surface area contributed by atoms with Crippen molar-refractivity contribution in [2.24, 2.45) is 13.0 Å². The first-order valence-corrected chi connectivity index (χ1v) is 8.70. The summed E-state index contributed by atoms with van der Waals surface area (Å²) in [6, 6.07) is 1.96. The minimum Gasteiger partial charge on any atom is -0.396 e. The molecule has 0 atom stereocenters. The molecular weight excluding hydrogens is 314 g/mol. The van der Waals surface area contributed by atoms with Gasteiger partial charge in [0, 0.05) is 13.7 Å². The Bertz CT molecular complexity index is 904. The van der Waals surface area contributed by atoms with Crippen molar-refractivity contribution >= 4 is 27.3 Å². The molecule has 1 aliphatic rings. The second kappa shape index (κ2) is 5.70.